The first-order valence-corrected chi connectivity index (χ1v) is 5.56. The van der Waals surface area contributed by atoms with Gasteiger partial charge in [-0.25, -0.2) is 4.98 Å². The molecular weight excluding hydrogens is 230 g/mol. The van der Waals surface area contributed by atoms with E-state index in [1.807, 2.05) is 43.3 Å². The van der Waals surface area contributed by atoms with Crippen LogP contribution in [0.2, 0.25) is 0 Å². The van der Waals surface area contributed by atoms with E-state index in [1.165, 1.54) is 5.56 Å². The molecule has 0 aliphatic rings. The fraction of sp³-hybridized carbons (Fsp3) is 0.0769. The van der Waals surface area contributed by atoms with Crippen LogP contribution in [0.25, 0.3) is 0 Å². The van der Waals surface area contributed by atoms with Gasteiger partial charge in [-0.3, -0.25) is 0 Å². The number of aromatic nitrogens is 1. The predicted molar refractivity (Wildman–Crippen MR) is 73.4 cm³/mol. The Morgan fingerprint density at radius 3 is 2.65 bits per heavy atom. The van der Waals surface area contributed by atoms with E-state index in [9.17, 15) is 0 Å². The van der Waals surface area contributed by atoms with Gasteiger partial charge in [-0.15, -0.1) is 0 Å². The first-order valence-electron chi connectivity index (χ1n) is 5.15. The smallest absolute Gasteiger partial charge is 0.130 e. The van der Waals surface area contributed by atoms with Crippen molar-refractivity contribution in [3.8, 4) is 0 Å². The van der Waals surface area contributed by atoms with Crippen LogP contribution in [0.15, 0.2) is 47.6 Å². The van der Waals surface area contributed by atoms with E-state index in [-0.39, 0.29) is 0 Å². The van der Waals surface area contributed by atoms with Crippen molar-refractivity contribution >= 4 is 34.6 Å². The van der Waals surface area contributed by atoms with Gasteiger partial charge in [0.15, 0.2) is 0 Å². The van der Waals surface area contributed by atoms with Crippen LogP contribution < -0.4 is 5.32 Å². The lowest BCUT2D eigenvalue weighted by molar-refractivity contribution is 1.27. The van der Waals surface area contributed by atoms with Crippen LogP contribution >= 0.6 is 12.2 Å². The van der Waals surface area contributed by atoms with Crippen LogP contribution in [0, 0.1) is 6.92 Å². The molecule has 4 heteroatoms. The Kier molecular flexibility index (Phi) is 3.60. The predicted octanol–water partition coefficient (Wildman–Crippen LogP) is 3.87. The van der Waals surface area contributed by atoms with Gasteiger partial charge in [-0.2, -0.15) is 4.99 Å². The van der Waals surface area contributed by atoms with Gasteiger partial charge in [0.25, 0.3) is 0 Å². The number of anilines is 2. The van der Waals surface area contributed by atoms with Crippen molar-refractivity contribution in [2.24, 2.45) is 4.99 Å². The largest absolute Gasteiger partial charge is 0.340 e. The van der Waals surface area contributed by atoms with Crippen molar-refractivity contribution in [2.45, 2.75) is 6.92 Å². The van der Waals surface area contributed by atoms with Crippen LogP contribution in [-0.2, 0) is 0 Å². The molecule has 0 aliphatic carbocycles. The third-order valence-corrected chi connectivity index (χ3v) is 2.32. The molecule has 0 atom stereocenters. The summed E-state index contributed by atoms with van der Waals surface area (Å²) in [5, 5.41) is 5.55. The minimum absolute atomic E-state index is 0.794. The van der Waals surface area contributed by atoms with Crippen LogP contribution in [-0.4, -0.2) is 10.1 Å². The maximum atomic E-state index is 4.54. The zero-order valence-corrected chi connectivity index (χ0v) is 10.2. The van der Waals surface area contributed by atoms with Gasteiger partial charge in [0, 0.05) is 11.9 Å². The normalized spacial score (nSPS) is 9.47. The monoisotopic (exact) mass is 241 g/mol. The molecule has 1 aromatic heterocycles. The molecule has 2 rings (SSSR count). The Labute approximate surface area is 105 Å². The van der Waals surface area contributed by atoms with Crippen LogP contribution in [0.5, 0.6) is 0 Å². The highest BCUT2D eigenvalue weighted by molar-refractivity contribution is 7.78. The Morgan fingerprint density at radius 2 is 2.00 bits per heavy atom. The molecule has 0 unspecified atom stereocenters. The molecule has 0 saturated carbocycles. The number of rotatable bonds is 3. The van der Waals surface area contributed by atoms with Crippen LogP contribution in [0.1, 0.15) is 5.56 Å². The number of nitrogens with zero attached hydrogens (tertiary/aromatic N) is 2. The molecule has 0 radical (unpaired) electrons. The maximum Gasteiger partial charge on any atom is 0.130 e. The van der Waals surface area contributed by atoms with Crippen LogP contribution in [0.4, 0.5) is 17.2 Å². The summed E-state index contributed by atoms with van der Waals surface area (Å²) in [5.41, 5.74) is 2.93. The van der Waals surface area contributed by atoms with E-state index in [0.717, 1.165) is 17.2 Å². The molecule has 0 amide bonds. The van der Waals surface area contributed by atoms with E-state index in [4.69, 9.17) is 0 Å². The topological polar surface area (TPSA) is 37.3 Å². The highest BCUT2D eigenvalue weighted by atomic mass is 32.1. The summed E-state index contributed by atoms with van der Waals surface area (Å²) in [6.07, 6.45) is 1.78. The number of benzene rings is 1. The van der Waals surface area contributed by atoms with Crippen molar-refractivity contribution in [3.05, 3.63) is 48.2 Å². The van der Waals surface area contributed by atoms with Gasteiger partial charge < -0.3 is 5.32 Å². The lowest BCUT2D eigenvalue weighted by Gasteiger charge is -2.05. The van der Waals surface area contributed by atoms with E-state index in [2.05, 4.69) is 32.7 Å². The molecule has 0 bridgehead atoms. The highest BCUT2D eigenvalue weighted by Crippen LogP contribution is 2.19. The molecule has 0 saturated heterocycles. The number of aliphatic imine (C=N–C) groups is 1. The zero-order valence-electron chi connectivity index (χ0n) is 9.34. The maximum absolute atomic E-state index is 4.54. The molecule has 1 heterocycles. The van der Waals surface area contributed by atoms with Gasteiger partial charge >= 0.3 is 0 Å². The molecule has 3 nitrogen and oxygen atoms in total. The number of nitrogens with one attached hydrogen (secondary N) is 1. The number of pyridine rings is 1. The Bertz CT molecular complexity index is 557. The average molecular weight is 241 g/mol. The molecule has 1 N–H and O–H groups in total. The zero-order chi connectivity index (χ0) is 12.1. The van der Waals surface area contributed by atoms with Crippen molar-refractivity contribution in [3.63, 3.8) is 0 Å². The van der Waals surface area contributed by atoms with Crippen molar-refractivity contribution in [1.82, 2.24) is 4.98 Å². The summed E-state index contributed by atoms with van der Waals surface area (Å²) in [6.45, 7) is 2.03. The number of aryl methyl sites for hydroxylation is 1. The molecule has 17 heavy (non-hydrogen) atoms. The highest BCUT2D eigenvalue weighted by Gasteiger charge is 1.96. The van der Waals surface area contributed by atoms with Gasteiger partial charge in [0.05, 0.1) is 10.8 Å². The fourth-order valence-corrected chi connectivity index (χ4v) is 1.53. The molecule has 0 aliphatic heterocycles. The quantitative estimate of drug-likeness (QED) is 0.654. The molecule has 0 fully saturated rings. The van der Waals surface area contributed by atoms with E-state index in [1.54, 1.807) is 6.20 Å². The summed E-state index contributed by atoms with van der Waals surface area (Å²) >= 11 is 4.54. The van der Waals surface area contributed by atoms with Gasteiger partial charge in [-0.1, -0.05) is 0 Å². The fourth-order valence-electron chi connectivity index (χ4n) is 1.42. The standard InChI is InChI=1S/C13H11N3S/c1-10-6-7-14-13(8-10)16-12-4-2-11(3-5-12)15-9-17/h2-8H,1H3,(H,14,16). The van der Waals surface area contributed by atoms with Crippen molar-refractivity contribution < 1.29 is 0 Å². The number of hydrogen-bond acceptors (Lipinski definition) is 4. The van der Waals surface area contributed by atoms with E-state index in [0.29, 0.717) is 0 Å². The van der Waals surface area contributed by atoms with Gasteiger partial charge in [-0.05, 0) is 61.1 Å². The summed E-state index contributed by atoms with van der Waals surface area (Å²) in [5.74, 6) is 0.830. The summed E-state index contributed by atoms with van der Waals surface area (Å²) in [7, 11) is 0. The lowest BCUT2D eigenvalue weighted by atomic mass is 10.2. The molecule has 2 aromatic rings. The summed E-state index contributed by atoms with van der Waals surface area (Å²) < 4.78 is 0. The Hall–Kier alpha value is -2.03. The first-order chi connectivity index (χ1) is 8.28. The molecule has 0 spiro atoms. The first kappa shape index (κ1) is 11.5. The minimum atomic E-state index is 0.794. The second kappa shape index (κ2) is 5.34. The van der Waals surface area contributed by atoms with Crippen molar-refractivity contribution in [1.29, 1.82) is 0 Å². The second-order valence-corrected chi connectivity index (χ2v) is 3.78. The number of isothiocyanates is 1. The third kappa shape index (κ3) is 3.21. The minimum Gasteiger partial charge on any atom is -0.340 e. The van der Waals surface area contributed by atoms with E-state index >= 15 is 0 Å². The molecular formula is C13H11N3S. The number of thiocarbonyl (C=S) groups is 1. The van der Waals surface area contributed by atoms with Crippen molar-refractivity contribution in [2.75, 3.05) is 5.32 Å². The number of hydrogen-bond donors (Lipinski definition) is 1. The SMILES string of the molecule is Cc1ccnc(Nc2ccc(N=C=S)cc2)c1. The van der Waals surface area contributed by atoms with Crippen LogP contribution in [0.3, 0.4) is 0 Å². The molecule has 84 valence electrons. The Morgan fingerprint density at radius 1 is 1.24 bits per heavy atom. The third-order valence-electron chi connectivity index (χ3n) is 2.23. The average Bonchev–Trinajstić information content (AvgIpc) is 2.32. The van der Waals surface area contributed by atoms with E-state index < -0.39 is 0 Å². The summed E-state index contributed by atoms with van der Waals surface area (Å²) in [4.78, 5) is 8.12. The second-order valence-electron chi connectivity index (χ2n) is 3.59. The Balaban J connectivity index is 2.16. The lowest BCUT2D eigenvalue weighted by Crippen LogP contribution is -1.92. The van der Waals surface area contributed by atoms with Gasteiger partial charge in [0.2, 0.25) is 0 Å². The molecule has 1 aromatic carbocycles. The van der Waals surface area contributed by atoms with Gasteiger partial charge in [0.1, 0.15) is 5.82 Å². The summed E-state index contributed by atoms with van der Waals surface area (Å²) in [6, 6.07) is 11.5.